The van der Waals surface area contributed by atoms with Crippen LogP contribution in [0.3, 0.4) is 0 Å². The van der Waals surface area contributed by atoms with Crippen molar-refractivity contribution in [2.45, 2.75) is 31.6 Å². The van der Waals surface area contributed by atoms with Gasteiger partial charge < -0.3 is 15.5 Å². The number of halogens is 3. The van der Waals surface area contributed by atoms with E-state index in [9.17, 15) is 22.8 Å². The number of hydrogen-bond donors (Lipinski definition) is 3. The summed E-state index contributed by atoms with van der Waals surface area (Å²) in [5.74, 6) is -0.244. The number of hydrogen-bond acceptors (Lipinski definition) is 9. The molecule has 0 atom stereocenters. The highest BCUT2D eigenvalue weighted by atomic mass is 32.2. The first kappa shape index (κ1) is 28.0. The fourth-order valence-corrected chi connectivity index (χ4v) is 5.71. The normalized spacial score (nSPS) is 18.3. The number of thioether (sulfide) groups is 1. The number of imide groups is 1. The Morgan fingerprint density at radius 2 is 1.95 bits per heavy atom. The van der Waals surface area contributed by atoms with Crippen LogP contribution in [0.25, 0.3) is 6.08 Å². The van der Waals surface area contributed by atoms with E-state index in [0.717, 1.165) is 36.2 Å². The van der Waals surface area contributed by atoms with E-state index >= 15 is 0 Å². The summed E-state index contributed by atoms with van der Waals surface area (Å²) >= 11 is 2.03. The molecule has 2 aromatic carbocycles. The Kier molecular flexibility index (Phi) is 8.71. The Labute approximate surface area is 226 Å². The Bertz CT molecular complexity index is 1260. The standard InChI is InChI=1S/C25H26F3N5O3S2/c1-36-19-4-3-16(20(12-19)25(26,27)28)14-31-21-5-2-15(10-17(21)13-29)11-22-23(34)33(24(35)37-22)18-6-8-32(38-30)9-7-18/h2-5,10-13,18,29,31H,6-9,14,30H2,1H3/b22-11-,29-13?. The van der Waals surface area contributed by atoms with Crippen molar-refractivity contribution in [3.63, 3.8) is 0 Å². The summed E-state index contributed by atoms with van der Waals surface area (Å²) in [6.45, 7) is 1.24. The summed E-state index contributed by atoms with van der Waals surface area (Å²) in [6, 6.07) is 8.53. The number of piperidine rings is 1. The van der Waals surface area contributed by atoms with E-state index in [1.165, 1.54) is 24.1 Å². The van der Waals surface area contributed by atoms with Crippen LogP contribution in [0.5, 0.6) is 5.75 Å². The van der Waals surface area contributed by atoms with Gasteiger partial charge in [-0.15, -0.1) is 0 Å². The van der Waals surface area contributed by atoms with Crippen LogP contribution in [-0.2, 0) is 17.5 Å². The number of methoxy groups -OCH3 is 1. The second-order valence-corrected chi connectivity index (χ2v) is 10.4. The van der Waals surface area contributed by atoms with Crippen LogP contribution in [0.2, 0.25) is 0 Å². The van der Waals surface area contributed by atoms with Crippen molar-refractivity contribution >= 4 is 53.0 Å². The molecule has 2 fully saturated rings. The van der Waals surface area contributed by atoms with Gasteiger partial charge in [0.1, 0.15) is 5.75 Å². The predicted molar refractivity (Wildman–Crippen MR) is 144 cm³/mol. The smallest absolute Gasteiger partial charge is 0.416 e. The number of nitrogens with two attached hydrogens (primary N) is 1. The Hall–Kier alpha value is -3.00. The quantitative estimate of drug-likeness (QED) is 0.223. The molecule has 2 aromatic rings. The van der Waals surface area contributed by atoms with Gasteiger partial charge in [-0.3, -0.25) is 19.6 Å². The van der Waals surface area contributed by atoms with Crippen molar-refractivity contribution in [1.29, 1.82) is 5.41 Å². The average molecular weight is 566 g/mol. The number of nitrogens with zero attached hydrogens (tertiary/aromatic N) is 2. The van der Waals surface area contributed by atoms with E-state index < -0.39 is 11.7 Å². The molecular formula is C25H26F3N5O3S2. The molecule has 2 saturated heterocycles. The molecule has 0 saturated carbocycles. The van der Waals surface area contributed by atoms with Gasteiger partial charge in [-0.25, -0.2) is 4.31 Å². The highest BCUT2D eigenvalue weighted by molar-refractivity contribution is 8.18. The van der Waals surface area contributed by atoms with E-state index in [1.807, 2.05) is 4.31 Å². The summed E-state index contributed by atoms with van der Waals surface area (Å²) < 4.78 is 47.5. The zero-order valence-corrected chi connectivity index (χ0v) is 22.0. The van der Waals surface area contributed by atoms with Crippen molar-refractivity contribution in [3.8, 4) is 5.75 Å². The maximum absolute atomic E-state index is 13.5. The summed E-state index contributed by atoms with van der Waals surface area (Å²) in [6.07, 6.45) is -0.579. The first-order valence-electron chi connectivity index (χ1n) is 11.7. The van der Waals surface area contributed by atoms with E-state index in [0.29, 0.717) is 42.7 Å². The number of anilines is 1. The maximum atomic E-state index is 13.5. The molecule has 38 heavy (non-hydrogen) atoms. The summed E-state index contributed by atoms with van der Waals surface area (Å²) in [4.78, 5) is 27.2. The highest BCUT2D eigenvalue weighted by Crippen LogP contribution is 2.37. The van der Waals surface area contributed by atoms with Gasteiger partial charge in [-0.05, 0) is 66.1 Å². The van der Waals surface area contributed by atoms with E-state index in [1.54, 1.807) is 24.3 Å². The molecule has 202 valence electrons. The van der Waals surface area contributed by atoms with Crippen LogP contribution >= 0.6 is 23.9 Å². The maximum Gasteiger partial charge on any atom is 0.416 e. The molecular weight excluding hydrogens is 539 g/mol. The molecule has 13 heteroatoms. The van der Waals surface area contributed by atoms with Crippen molar-refractivity contribution in [1.82, 2.24) is 9.21 Å². The zero-order valence-electron chi connectivity index (χ0n) is 20.4. The molecule has 0 radical (unpaired) electrons. The third kappa shape index (κ3) is 6.17. The zero-order chi connectivity index (χ0) is 27.4. The molecule has 0 unspecified atom stereocenters. The van der Waals surface area contributed by atoms with Gasteiger partial charge in [0.15, 0.2) is 0 Å². The monoisotopic (exact) mass is 565 g/mol. The Morgan fingerprint density at radius 1 is 1.21 bits per heavy atom. The van der Waals surface area contributed by atoms with Gasteiger partial charge in [-0.2, -0.15) is 13.2 Å². The van der Waals surface area contributed by atoms with Crippen LogP contribution in [-0.4, -0.2) is 52.8 Å². The van der Waals surface area contributed by atoms with Gasteiger partial charge in [0.25, 0.3) is 11.1 Å². The predicted octanol–water partition coefficient (Wildman–Crippen LogP) is 5.35. The summed E-state index contributed by atoms with van der Waals surface area (Å²) in [7, 11) is 1.30. The lowest BCUT2D eigenvalue weighted by Gasteiger charge is -2.33. The number of alkyl halides is 3. The molecule has 0 bridgehead atoms. The summed E-state index contributed by atoms with van der Waals surface area (Å²) in [5, 5.41) is 16.0. The van der Waals surface area contributed by atoms with Gasteiger partial charge in [-0.1, -0.05) is 12.1 Å². The highest BCUT2D eigenvalue weighted by Gasteiger charge is 2.41. The fraction of sp³-hybridized carbons (Fsp3) is 0.320. The number of rotatable bonds is 8. The lowest BCUT2D eigenvalue weighted by Crippen LogP contribution is -2.45. The van der Waals surface area contributed by atoms with Crippen molar-refractivity contribution < 1.29 is 27.5 Å². The van der Waals surface area contributed by atoms with Crippen LogP contribution in [0.15, 0.2) is 41.3 Å². The number of carbonyl (C=O) groups excluding carboxylic acids is 2. The minimum absolute atomic E-state index is 0.0304. The van der Waals surface area contributed by atoms with E-state index in [-0.39, 0.29) is 40.0 Å². The SMILES string of the molecule is COc1ccc(CNc2ccc(/C=C3\SC(=O)N(C4CCN(SN)CC4)C3=O)cc2C=N)c(C(F)(F)F)c1. The minimum Gasteiger partial charge on any atom is -0.497 e. The molecule has 2 amide bonds. The minimum atomic E-state index is -4.55. The first-order chi connectivity index (χ1) is 18.1. The number of amides is 2. The van der Waals surface area contributed by atoms with Crippen molar-refractivity contribution in [2.75, 3.05) is 25.5 Å². The third-order valence-electron chi connectivity index (χ3n) is 6.38. The number of ether oxygens (including phenoxy) is 1. The largest absolute Gasteiger partial charge is 0.497 e. The molecule has 0 aliphatic carbocycles. The molecule has 2 heterocycles. The van der Waals surface area contributed by atoms with Crippen molar-refractivity contribution in [2.24, 2.45) is 5.14 Å². The first-order valence-corrected chi connectivity index (χ1v) is 13.3. The van der Waals surface area contributed by atoms with Crippen molar-refractivity contribution in [3.05, 3.63) is 63.6 Å². The molecule has 4 N–H and O–H groups in total. The van der Waals surface area contributed by atoms with Gasteiger partial charge in [0.05, 0.1) is 17.6 Å². The van der Waals surface area contributed by atoms with E-state index in [2.05, 4.69) is 5.32 Å². The Balaban J connectivity index is 1.49. The van der Waals surface area contributed by atoms with Crippen LogP contribution in [0.4, 0.5) is 23.7 Å². The number of benzene rings is 2. The van der Waals surface area contributed by atoms with Crippen LogP contribution in [0, 0.1) is 5.41 Å². The molecule has 4 rings (SSSR count). The fourth-order valence-electron chi connectivity index (χ4n) is 4.39. The van der Waals surface area contributed by atoms with E-state index in [4.69, 9.17) is 15.3 Å². The number of carbonyl (C=O) groups is 2. The molecule has 0 aromatic heterocycles. The van der Waals surface area contributed by atoms with Crippen LogP contribution in [0.1, 0.15) is 35.1 Å². The third-order valence-corrected chi connectivity index (χ3v) is 7.93. The Morgan fingerprint density at radius 3 is 2.58 bits per heavy atom. The van der Waals surface area contributed by atoms with Gasteiger partial charge in [0.2, 0.25) is 0 Å². The lowest BCUT2D eigenvalue weighted by molar-refractivity contribution is -0.138. The lowest BCUT2D eigenvalue weighted by atomic mass is 10.0. The average Bonchev–Trinajstić information content (AvgIpc) is 3.19. The molecule has 2 aliphatic heterocycles. The summed E-state index contributed by atoms with van der Waals surface area (Å²) in [5.41, 5.74) is 0.697. The molecule has 0 spiro atoms. The number of nitrogens with one attached hydrogen (secondary N) is 2. The molecule has 8 nitrogen and oxygen atoms in total. The second kappa shape index (κ2) is 11.8. The van der Waals surface area contributed by atoms with Gasteiger partial charge >= 0.3 is 6.18 Å². The topological polar surface area (TPSA) is 112 Å². The van der Waals surface area contributed by atoms with Gasteiger partial charge in [0, 0.05) is 55.3 Å². The molecule has 2 aliphatic rings. The van der Waals surface area contributed by atoms with Crippen LogP contribution < -0.4 is 15.2 Å². The second-order valence-electron chi connectivity index (χ2n) is 8.68.